The van der Waals surface area contributed by atoms with Crippen molar-refractivity contribution >= 4 is 18.2 Å². The molecular formula is C45H75NO13. The number of esters is 1. The van der Waals surface area contributed by atoms with Crippen molar-refractivity contribution in [1.82, 2.24) is 4.90 Å². The van der Waals surface area contributed by atoms with Crippen molar-refractivity contribution in [2.75, 3.05) is 42.1 Å². The molecule has 0 radical (unpaired) electrons. The van der Waals surface area contributed by atoms with Gasteiger partial charge in [-0.25, -0.2) is 4.79 Å². The van der Waals surface area contributed by atoms with Crippen molar-refractivity contribution in [3.8, 4) is 0 Å². The molecule has 338 valence electrons. The molecule has 0 aliphatic carbocycles. The van der Waals surface area contributed by atoms with Gasteiger partial charge in [0.1, 0.15) is 11.9 Å². The zero-order valence-corrected chi connectivity index (χ0v) is 37.2. The Kier molecular flexibility index (Phi) is 23.5. The molecule has 2 aliphatic heterocycles. The van der Waals surface area contributed by atoms with Crippen molar-refractivity contribution in [2.24, 2.45) is 35.5 Å². The van der Waals surface area contributed by atoms with Gasteiger partial charge in [0.15, 0.2) is 0 Å². The van der Waals surface area contributed by atoms with Gasteiger partial charge in [-0.2, -0.15) is 0 Å². The minimum absolute atomic E-state index is 0.0229. The monoisotopic (exact) mass is 838 g/mol. The number of aliphatic hydroxyl groups is 4. The summed E-state index contributed by atoms with van der Waals surface area (Å²) >= 11 is 0. The first-order chi connectivity index (χ1) is 28.0. The molecule has 2 bridgehead atoms. The number of amides is 1. The highest BCUT2D eigenvalue weighted by atomic mass is 16.5. The maximum atomic E-state index is 13.5. The Morgan fingerprint density at radius 1 is 1.00 bits per heavy atom. The maximum Gasteiger partial charge on any atom is 0.331 e. The summed E-state index contributed by atoms with van der Waals surface area (Å²) in [5.41, 5.74) is 0.524. The lowest BCUT2D eigenvalue weighted by Gasteiger charge is -2.39. The predicted octanol–water partition coefficient (Wildman–Crippen LogP) is 4.18. The van der Waals surface area contributed by atoms with Gasteiger partial charge in [-0.1, -0.05) is 70.6 Å². The van der Waals surface area contributed by atoms with E-state index in [1.807, 2.05) is 45.9 Å². The summed E-state index contributed by atoms with van der Waals surface area (Å²) in [6.07, 6.45) is 7.27. The molecule has 16 atom stereocenters. The summed E-state index contributed by atoms with van der Waals surface area (Å²) in [6, 6.07) is 0. The predicted molar refractivity (Wildman–Crippen MR) is 224 cm³/mol. The first-order valence-electron chi connectivity index (χ1n) is 21.0. The van der Waals surface area contributed by atoms with Crippen LogP contribution in [-0.4, -0.2) is 147 Å². The number of Topliss-reactive ketones (excluding diaryl/α,β-unsaturated/α-hetero) is 1. The Hall–Kier alpha value is -2.79. The van der Waals surface area contributed by atoms with E-state index in [9.17, 15) is 34.8 Å². The molecular weight excluding hydrogens is 762 g/mol. The van der Waals surface area contributed by atoms with Gasteiger partial charge in [0.2, 0.25) is 6.41 Å². The van der Waals surface area contributed by atoms with Crippen molar-refractivity contribution < 1.29 is 63.2 Å². The number of allylic oxidation sites excluding steroid dienone is 2. The molecule has 2 rings (SSSR count). The minimum atomic E-state index is -1.23. The molecule has 0 aromatic carbocycles. The number of aliphatic hydroxyl groups excluding tert-OH is 4. The van der Waals surface area contributed by atoms with Gasteiger partial charge in [-0.3, -0.25) is 9.59 Å². The Morgan fingerprint density at radius 3 is 2.24 bits per heavy atom. The number of cyclic esters (lactones) is 1. The third-order valence-electron chi connectivity index (χ3n) is 12.4. The quantitative estimate of drug-likeness (QED) is 0.0929. The van der Waals surface area contributed by atoms with E-state index in [-0.39, 0.29) is 43.2 Å². The standard InChI is InChI=1S/C45H75NO13/c1-27-15-18-42(52)59-45(32(6)43(53)28(2)16-17-36(49)30(4)44(57-11)29(3)19-20-46(7)26-48)31(5)39(54-8)24-41(56-10)35(25-47)40(55-9)23-34-14-12-13-33(58-34)22-38(51)37(50)21-27/h12-13,15,18-21,26,28-35,37-41,43-45,47,50-51,53H,14,16-17,22-25H2,1-11H3/b18-15?,20-19+,27-21+/t28-,29+,30-,31-,32-,33-,34-,35+,37-,38+,39+,40-,41-,43-,44+,45-/m0/s1. The second-order valence-corrected chi connectivity index (χ2v) is 16.7. The number of hydrogen-bond donors (Lipinski definition) is 4. The molecule has 59 heavy (non-hydrogen) atoms. The highest BCUT2D eigenvalue weighted by molar-refractivity contribution is 5.82. The highest BCUT2D eigenvalue weighted by Gasteiger charge is 2.41. The third kappa shape index (κ3) is 16.2. The van der Waals surface area contributed by atoms with E-state index in [4.69, 9.17) is 28.4 Å². The molecule has 0 spiro atoms. The smallest absolute Gasteiger partial charge is 0.331 e. The zero-order chi connectivity index (χ0) is 44.4. The van der Waals surface area contributed by atoms with Gasteiger partial charge in [0, 0.05) is 103 Å². The molecule has 2 aliphatic rings. The Balaban J connectivity index is 2.43. The van der Waals surface area contributed by atoms with Crippen LogP contribution in [0.1, 0.15) is 80.1 Å². The average molecular weight is 838 g/mol. The van der Waals surface area contributed by atoms with Gasteiger partial charge in [-0.15, -0.1) is 0 Å². The molecule has 1 amide bonds. The SMILES string of the molecule is CO[C@H]([C@H](C)/C=C/N(C)C=O)[C@@H](C)C(=O)CC[C@H](C)[C@H](O)[C@H](C)[C@H]1OC(=O)C=C/C(C)=C/[C@H](O)[C@H](O)C[C@@H]2C=CC[C@@H](C[C@H](OC)[C@@H](CO)[C@@H](OC)C[C@@H](OC)[C@@H]1C)O2. The first kappa shape index (κ1) is 52.3. The van der Waals surface area contributed by atoms with Crippen LogP contribution in [0.3, 0.4) is 0 Å². The number of rotatable bonds is 17. The van der Waals surface area contributed by atoms with Crippen molar-refractivity contribution in [3.05, 3.63) is 48.2 Å². The summed E-state index contributed by atoms with van der Waals surface area (Å²) in [6.45, 7) is 10.7. The van der Waals surface area contributed by atoms with Gasteiger partial charge in [0.05, 0.1) is 61.5 Å². The molecule has 0 saturated carbocycles. The number of carbonyl (C=O) groups excluding carboxylic acids is 3. The van der Waals surface area contributed by atoms with Gasteiger partial charge in [-0.05, 0) is 25.7 Å². The second-order valence-electron chi connectivity index (χ2n) is 16.7. The van der Waals surface area contributed by atoms with E-state index < -0.39 is 84.6 Å². The largest absolute Gasteiger partial charge is 0.458 e. The van der Waals surface area contributed by atoms with E-state index in [0.717, 1.165) is 0 Å². The molecule has 0 unspecified atom stereocenters. The van der Waals surface area contributed by atoms with E-state index in [0.29, 0.717) is 37.7 Å². The van der Waals surface area contributed by atoms with E-state index >= 15 is 0 Å². The lowest BCUT2D eigenvalue weighted by molar-refractivity contribution is -0.159. The summed E-state index contributed by atoms with van der Waals surface area (Å²) in [7, 11) is 7.87. The Morgan fingerprint density at radius 2 is 1.64 bits per heavy atom. The highest BCUT2D eigenvalue weighted by Crippen LogP contribution is 2.34. The minimum Gasteiger partial charge on any atom is -0.458 e. The van der Waals surface area contributed by atoms with Crippen LogP contribution in [-0.2, 0) is 42.8 Å². The van der Waals surface area contributed by atoms with Crippen molar-refractivity contribution in [3.63, 3.8) is 0 Å². The Labute approximate surface area is 352 Å². The first-order valence-corrected chi connectivity index (χ1v) is 21.0. The van der Waals surface area contributed by atoms with E-state index in [1.54, 1.807) is 55.5 Å². The van der Waals surface area contributed by atoms with E-state index in [2.05, 4.69) is 0 Å². The van der Waals surface area contributed by atoms with Crippen LogP contribution >= 0.6 is 0 Å². The number of nitrogens with zero attached hydrogens (tertiary/aromatic N) is 1. The van der Waals surface area contributed by atoms with Crippen LogP contribution in [0.4, 0.5) is 0 Å². The molecule has 0 saturated heterocycles. The zero-order valence-electron chi connectivity index (χ0n) is 37.2. The number of hydrogen-bond acceptors (Lipinski definition) is 13. The van der Waals surface area contributed by atoms with Crippen LogP contribution in [0.25, 0.3) is 0 Å². The van der Waals surface area contributed by atoms with Crippen molar-refractivity contribution in [1.29, 1.82) is 0 Å². The van der Waals surface area contributed by atoms with E-state index in [1.165, 1.54) is 23.1 Å². The summed E-state index contributed by atoms with van der Waals surface area (Å²) in [5.74, 6) is -3.27. The molecule has 0 aromatic heterocycles. The van der Waals surface area contributed by atoms with Gasteiger partial charge < -0.3 is 53.7 Å². The van der Waals surface area contributed by atoms with Crippen LogP contribution in [0.15, 0.2) is 48.2 Å². The number of ketones is 1. The number of methoxy groups -OCH3 is 4. The lowest BCUT2D eigenvalue weighted by Crippen LogP contribution is -2.47. The summed E-state index contributed by atoms with van der Waals surface area (Å²) < 4.78 is 36.1. The van der Waals surface area contributed by atoms with Gasteiger partial charge in [0.25, 0.3) is 0 Å². The number of carbonyl (C=O) groups is 3. The van der Waals surface area contributed by atoms with Crippen LogP contribution in [0.2, 0.25) is 0 Å². The molecule has 14 heteroatoms. The number of ether oxygens (including phenoxy) is 6. The third-order valence-corrected chi connectivity index (χ3v) is 12.4. The molecule has 0 fully saturated rings. The van der Waals surface area contributed by atoms with Crippen LogP contribution in [0.5, 0.6) is 0 Å². The Bertz CT molecular complexity index is 1390. The average Bonchev–Trinajstić information content (AvgIpc) is 3.22. The fraction of sp³-hybridized carbons (Fsp3) is 0.756. The van der Waals surface area contributed by atoms with Gasteiger partial charge >= 0.3 is 5.97 Å². The lowest BCUT2D eigenvalue weighted by atomic mass is 9.78. The molecule has 0 aromatic rings. The summed E-state index contributed by atoms with van der Waals surface area (Å²) in [5, 5.41) is 44.2. The molecule has 2 heterocycles. The summed E-state index contributed by atoms with van der Waals surface area (Å²) in [4.78, 5) is 39.4. The fourth-order valence-corrected chi connectivity index (χ4v) is 8.44. The molecule has 14 nitrogen and oxygen atoms in total. The number of fused-ring (bicyclic) bond motifs is 2. The van der Waals surface area contributed by atoms with Crippen molar-refractivity contribution in [2.45, 2.75) is 141 Å². The van der Waals surface area contributed by atoms with Crippen LogP contribution in [0, 0.1) is 35.5 Å². The second kappa shape index (κ2) is 26.5. The van der Waals surface area contributed by atoms with Crippen LogP contribution < -0.4 is 0 Å². The normalized spacial score (nSPS) is 33.1. The topological polar surface area (TPSA) is 191 Å². The fourth-order valence-electron chi connectivity index (χ4n) is 8.44. The maximum absolute atomic E-state index is 13.5. The molecule has 4 N–H and O–H groups in total.